The van der Waals surface area contributed by atoms with Gasteiger partial charge in [0.2, 0.25) is 5.91 Å². The van der Waals surface area contributed by atoms with Crippen molar-refractivity contribution >= 4 is 23.4 Å². The highest BCUT2D eigenvalue weighted by Crippen LogP contribution is 2.25. The highest BCUT2D eigenvalue weighted by atomic mass is 35.5. The number of carbonyl (C=O) groups excluding carboxylic acids is 2. The van der Waals surface area contributed by atoms with Gasteiger partial charge in [0.05, 0.1) is 6.33 Å². The normalized spacial score (nSPS) is 13.1. The number of benzene rings is 1. The number of hydrogen-bond acceptors (Lipinski definition) is 4. The lowest BCUT2D eigenvalue weighted by Gasteiger charge is -2.30. The second-order valence-corrected chi connectivity index (χ2v) is 7.76. The quantitative estimate of drug-likeness (QED) is 0.684. The van der Waals surface area contributed by atoms with E-state index in [-0.39, 0.29) is 18.4 Å². The number of rotatable bonds is 5. The summed E-state index contributed by atoms with van der Waals surface area (Å²) in [4.78, 5) is 35.4. The third-order valence-corrected chi connectivity index (χ3v) is 5.54. The molecule has 1 aliphatic heterocycles. The Balaban J connectivity index is 1.47. The number of pyridine rings is 1. The van der Waals surface area contributed by atoms with Crippen LogP contribution < -0.4 is 5.32 Å². The molecule has 0 atom stereocenters. The largest absolute Gasteiger partial charge is 0.350 e. The summed E-state index contributed by atoms with van der Waals surface area (Å²) in [5.74, 6) is -0.127. The standard InChI is InChI=1S/C22H22ClN5O2/c1-15-20(11-26-21(29)13-27-8-6-24-14-27)19-5-7-28(12-17(19)10-25-15)22(30)16-3-2-4-18(23)9-16/h2-4,6,8-10,14H,5,7,11-13H2,1H3,(H,26,29). The fraction of sp³-hybridized carbons (Fsp3) is 0.273. The molecule has 0 spiro atoms. The fourth-order valence-corrected chi connectivity index (χ4v) is 3.91. The van der Waals surface area contributed by atoms with E-state index >= 15 is 0 Å². The molecule has 7 nitrogen and oxygen atoms in total. The van der Waals surface area contributed by atoms with Crippen molar-refractivity contribution in [3.8, 4) is 0 Å². The molecule has 2 aromatic heterocycles. The Kier molecular flexibility index (Phi) is 5.81. The van der Waals surface area contributed by atoms with Crippen LogP contribution in [0.15, 0.2) is 49.2 Å². The lowest BCUT2D eigenvalue weighted by molar-refractivity contribution is -0.121. The van der Waals surface area contributed by atoms with Crippen LogP contribution in [0.5, 0.6) is 0 Å². The first-order valence-corrected chi connectivity index (χ1v) is 10.1. The molecule has 8 heteroatoms. The van der Waals surface area contributed by atoms with E-state index in [4.69, 9.17) is 11.6 Å². The molecule has 154 valence electrons. The summed E-state index contributed by atoms with van der Waals surface area (Å²) in [5, 5.41) is 3.52. The average Bonchev–Trinajstić information content (AvgIpc) is 3.25. The Bertz CT molecular complexity index is 1080. The van der Waals surface area contributed by atoms with Gasteiger partial charge in [-0.25, -0.2) is 4.98 Å². The monoisotopic (exact) mass is 423 g/mol. The van der Waals surface area contributed by atoms with E-state index in [9.17, 15) is 9.59 Å². The number of halogens is 1. The molecule has 0 aliphatic carbocycles. The van der Waals surface area contributed by atoms with Gasteiger partial charge < -0.3 is 14.8 Å². The summed E-state index contributed by atoms with van der Waals surface area (Å²) in [5.41, 5.74) is 4.69. The number of carbonyl (C=O) groups is 2. The molecule has 30 heavy (non-hydrogen) atoms. The van der Waals surface area contributed by atoms with Gasteiger partial charge in [0, 0.05) is 54.5 Å². The van der Waals surface area contributed by atoms with Crippen molar-refractivity contribution in [1.29, 1.82) is 0 Å². The maximum atomic E-state index is 12.9. The topological polar surface area (TPSA) is 80.1 Å². The summed E-state index contributed by atoms with van der Waals surface area (Å²) >= 11 is 6.03. The van der Waals surface area contributed by atoms with Crippen LogP contribution in [0.1, 0.15) is 32.7 Å². The van der Waals surface area contributed by atoms with E-state index < -0.39 is 0 Å². The predicted molar refractivity (Wildman–Crippen MR) is 113 cm³/mol. The second kappa shape index (κ2) is 8.67. The number of hydrogen-bond donors (Lipinski definition) is 1. The van der Waals surface area contributed by atoms with Crippen molar-refractivity contribution in [2.24, 2.45) is 0 Å². The third-order valence-electron chi connectivity index (χ3n) is 5.30. The molecule has 2 amide bonds. The molecule has 0 fully saturated rings. The molecule has 3 aromatic rings. The van der Waals surface area contributed by atoms with Crippen LogP contribution in [0.3, 0.4) is 0 Å². The van der Waals surface area contributed by atoms with Crippen molar-refractivity contribution in [3.63, 3.8) is 0 Å². The molecular weight excluding hydrogens is 402 g/mol. The maximum absolute atomic E-state index is 12.9. The number of aryl methyl sites for hydroxylation is 1. The minimum atomic E-state index is -0.0847. The van der Waals surface area contributed by atoms with E-state index in [2.05, 4.69) is 15.3 Å². The zero-order chi connectivity index (χ0) is 21.1. The summed E-state index contributed by atoms with van der Waals surface area (Å²) in [6.07, 6.45) is 7.56. The lowest BCUT2D eigenvalue weighted by Crippen LogP contribution is -2.37. The second-order valence-electron chi connectivity index (χ2n) is 7.32. The van der Waals surface area contributed by atoms with E-state index in [1.165, 1.54) is 5.56 Å². The number of nitrogens with zero attached hydrogens (tertiary/aromatic N) is 4. The zero-order valence-electron chi connectivity index (χ0n) is 16.6. The third kappa shape index (κ3) is 4.36. The molecule has 4 rings (SSSR count). The van der Waals surface area contributed by atoms with E-state index in [1.54, 1.807) is 47.6 Å². The smallest absolute Gasteiger partial charge is 0.254 e. The first-order valence-electron chi connectivity index (χ1n) is 9.75. The maximum Gasteiger partial charge on any atom is 0.254 e. The van der Waals surface area contributed by atoms with Crippen LogP contribution in [0.2, 0.25) is 5.02 Å². The van der Waals surface area contributed by atoms with Gasteiger partial charge in [-0.2, -0.15) is 0 Å². The average molecular weight is 424 g/mol. The van der Waals surface area contributed by atoms with Gasteiger partial charge in [-0.3, -0.25) is 14.6 Å². The SMILES string of the molecule is Cc1ncc2c(c1CNC(=O)Cn1ccnc1)CCN(C(=O)c1cccc(Cl)c1)C2. The highest BCUT2D eigenvalue weighted by molar-refractivity contribution is 6.30. The highest BCUT2D eigenvalue weighted by Gasteiger charge is 2.25. The zero-order valence-corrected chi connectivity index (χ0v) is 17.4. The first kappa shape index (κ1) is 20.1. The molecule has 1 N–H and O–H groups in total. The van der Waals surface area contributed by atoms with Gasteiger partial charge >= 0.3 is 0 Å². The first-order chi connectivity index (χ1) is 14.5. The molecule has 1 aromatic carbocycles. The fourth-order valence-electron chi connectivity index (χ4n) is 3.72. The number of nitrogens with one attached hydrogen (secondary N) is 1. The van der Waals surface area contributed by atoms with Crippen molar-refractivity contribution in [3.05, 3.63) is 82.2 Å². The summed E-state index contributed by atoms with van der Waals surface area (Å²) in [7, 11) is 0. The summed E-state index contributed by atoms with van der Waals surface area (Å²) in [6.45, 7) is 3.68. The molecule has 0 saturated heterocycles. The summed E-state index contributed by atoms with van der Waals surface area (Å²) in [6, 6.07) is 7.00. The summed E-state index contributed by atoms with van der Waals surface area (Å²) < 4.78 is 1.72. The molecule has 1 aliphatic rings. The Labute approximate surface area is 179 Å². The lowest BCUT2D eigenvalue weighted by atomic mass is 9.94. The Hall–Kier alpha value is -3.19. The van der Waals surface area contributed by atoms with Gasteiger partial charge in [-0.05, 0) is 48.2 Å². The Morgan fingerprint density at radius 2 is 2.17 bits per heavy atom. The van der Waals surface area contributed by atoms with Gasteiger partial charge in [0.25, 0.3) is 5.91 Å². The van der Waals surface area contributed by atoms with Crippen LogP contribution in [0, 0.1) is 6.92 Å². The molecule has 0 unspecified atom stereocenters. The van der Waals surface area contributed by atoms with Crippen molar-refractivity contribution in [2.45, 2.75) is 33.0 Å². The number of aromatic nitrogens is 3. The van der Waals surface area contributed by atoms with Gasteiger partial charge in [-0.15, -0.1) is 0 Å². The predicted octanol–water partition coefficient (Wildman–Crippen LogP) is 2.75. The Morgan fingerprint density at radius 1 is 1.30 bits per heavy atom. The van der Waals surface area contributed by atoms with E-state index in [1.807, 2.05) is 18.0 Å². The number of fused-ring (bicyclic) bond motifs is 1. The molecule has 3 heterocycles. The van der Waals surface area contributed by atoms with Crippen LogP contribution in [0.25, 0.3) is 0 Å². The molecular formula is C22H22ClN5O2. The molecule has 0 saturated carbocycles. The van der Waals surface area contributed by atoms with E-state index in [0.717, 1.165) is 23.2 Å². The van der Waals surface area contributed by atoms with Crippen LogP contribution >= 0.6 is 11.6 Å². The molecule has 0 bridgehead atoms. The van der Waals surface area contributed by atoms with Crippen molar-refractivity contribution in [2.75, 3.05) is 6.54 Å². The van der Waals surface area contributed by atoms with Crippen LogP contribution in [0.4, 0.5) is 0 Å². The van der Waals surface area contributed by atoms with Crippen molar-refractivity contribution in [1.82, 2.24) is 24.8 Å². The number of imidazole rings is 1. The number of amides is 2. The van der Waals surface area contributed by atoms with Crippen LogP contribution in [-0.2, 0) is 30.8 Å². The van der Waals surface area contributed by atoms with Gasteiger partial charge in [0.15, 0.2) is 0 Å². The minimum absolute atomic E-state index is 0.0427. The Morgan fingerprint density at radius 3 is 2.93 bits per heavy atom. The van der Waals surface area contributed by atoms with Gasteiger partial charge in [0.1, 0.15) is 6.54 Å². The van der Waals surface area contributed by atoms with E-state index in [0.29, 0.717) is 30.2 Å². The molecule has 0 radical (unpaired) electrons. The van der Waals surface area contributed by atoms with Crippen LogP contribution in [-0.4, -0.2) is 37.8 Å². The minimum Gasteiger partial charge on any atom is -0.350 e. The van der Waals surface area contributed by atoms with Crippen molar-refractivity contribution < 1.29 is 9.59 Å². The van der Waals surface area contributed by atoms with Gasteiger partial charge in [-0.1, -0.05) is 17.7 Å².